The Balaban J connectivity index is 0.000000253. The normalized spacial score (nSPS) is 12.6. The maximum atomic E-state index is 10.0. The number of thiophene rings is 1. The van der Waals surface area contributed by atoms with Crippen molar-refractivity contribution in [2.75, 3.05) is 0 Å². The second-order valence-electron chi connectivity index (χ2n) is 24.5. The molecule has 105 heavy (non-hydrogen) atoms. The summed E-state index contributed by atoms with van der Waals surface area (Å²) in [5, 5.41) is 30.2. The van der Waals surface area contributed by atoms with Crippen molar-refractivity contribution in [2.45, 2.75) is 147 Å². The van der Waals surface area contributed by atoms with E-state index in [4.69, 9.17) is 30.5 Å². The predicted molar refractivity (Wildman–Crippen MR) is 418 cm³/mol. The molecule has 1 atom stereocenters. The number of carbonyl (C=O) groups is 2. The maximum absolute atomic E-state index is 10.0. The molecule has 0 saturated heterocycles. The summed E-state index contributed by atoms with van der Waals surface area (Å²) in [6, 6.07) is 60.6. The number of aromatic nitrogens is 6. The maximum Gasteiger partial charge on any atom is 4.00 e. The van der Waals surface area contributed by atoms with Gasteiger partial charge in [-0.1, -0.05) is 203 Å². The average Bonchev–Trinajstić information content (AvgIpc) is 1.61. The molecule has 3 radical (unpaired) electrons. The van der Waals surface area contributed by atoms with Crippen molar-refractivity contribution in [3.05, 3.63) is 301 Å². The molecule has 14 rings (SSSR count). The number of carbonyl (C=O) groups excluding carboxylic acids is 2. The topological polar surface area (TPSA) is 170 Å². The largest absolute Gasteiger partial charge is 4.00 e. The first-order valence-corrected chi connectivity index (χ1v) is 35.9. The third-order valence-corrected chi connectivity index (χ3v) is 18.6. The molecule has 16 heteroatoms. The summed E-state index contributed by atoms with van der Waals surface area (Å²) in [5.41, 5.74) is 21.8. The van der Waals surface area contributed by atoms with Gasteiger partial charge in [-0.15, -0.1) is 129 Å². The van der Waals surface area contributed by atoms with Crippen molar-refractivity contribution in [1.82, 2.24) is 29.9 Å². The molecule has 0 amide bonds. The van der Waals surface area contributed by atoms with Gasteiger partial charge in [-0.05, 0) is 140 Å². The van der Waals surface area contributed by atoms with Crippen LogP contribution >= 0.6 is 11.3 Å². The smallest absolute Gasteiger partial charge is 0.678 e. The Morgan fingerprint density at radius 1 is 0.495 bits per heavy atom. The Morgan fingerprint density at radius 2 is 0.962 bits per heavy atom. The van der Waals surface area contributed by atoms with Crippen molar-refractivity contribution in [3.8, 4) is 33.1 Å². The van der Waals surface area contributed by atoms with Crippen LogP contribution in [0.15, 0.2) is 211 Å². The van der Waals surface area contributed by atoms with Gasteiger partial charge in [0.1, 0.15) is 0 Å². The molecule has 1 unspecified atom stereocenters. The van der Waals surface area contributed by atoms with Gasteiger partial charge in [-0.3, -0.25) is 9.59 Å². The van der Waals surface area contributed by atoms with Gasteiger partial charge in [0.15, 0.2) is 11.6 Å². The van der Waals surface area contributed by atoms with Gasteiger partial charge < -0.3 is 45.4 Å². The molecular formula is C89H90Ir3N7O4PtS-3. The number of allylic oxidation sites excluding steroid dienone is 5. The quantitative estimate of drug-likeness (QED) is 0.0643. The van der Waals surface area contributed by atoms with E-state index in [1.54, 1.807) is 11.3 Å². The van der Waals surface area contributed by atoms with Crippen LogP contribution in [0.3, 0.4) is 0 Å². The molecule has 0 saturated carbocycles. The van der Waals surface area contributed by atoms with Crippen LogP contribution in [0.2, 0.25) is 0 Å². The standard InChI is InChI=1S/C36H46N4.2C15H10N.C13H8NS.2C5H8O2.3Ir.Pt/c1-9-21-22(10-2)30-18-32-25(13-5)26(14-6)34(39-32)20-36-28(16-8)27(15-7)35(40-36)19-33-24(12-4)23(11-3)31(38-33)17-29(21)37-30;2*1-2-7-13(8-3-1)15-14-9-5-4-6-12(14)10-11-16-15;1-2-7-12-10(5-1)9-13(15-12)11-6-3-4-8-14-11;2*1-4(6)3-5(2)7;;;;/h17-19,34H,9-16,20H2,1-8H3;2*1-7,9-11H;1-8H;2*3,6H,1-2H3;;;;/q-4;3*-1;;;;;;+4. The van der Waals surface area contributed by atoms with Crippen LogP contribution in [-0.2, 0) is 136 Å². The fourth-order valence-electron chi connectivity index (χ4n) is 13.2. The number of aliphatic hydroxyl groups excluding tert-OH is 2. The number of hydrogen-bond acceptors (Lipinski definition) is 8. The minimum atomic E-state index is -0.125. The van der Waals surface area contributed by atoms with Crippen LogP contribution in [0, 0.1) is 18.2 Å². The van der Waals surface area contributed by atoms with E-state index in [1.165, 1.54) is 122 Å². The minimum Gasteiger partial charge on any atom is -0.678 e. The van der Waals surface area contributed by atoms with E-state index in [9.17, 15) is 9.59 Å². The third kappa shape index (κ3) is 22.7. The molecule has 11 nitrogen and oxygen atoms in total. The van der Waals surface area contributed by atoms with E-state index >= 15 is 0 Å². The van der Waals surface area contributed by atoms with Crippen molar-refractivity contribution in [3.63, 3.8) is 0 Å². The summed E-state index contributed by atoms with van der Waals surface area (Å²) in [6.07, 6.45) is 23.3. The monoisotopic (exact) mass is 2130 g/mol. The number of ketones is 2. The predicted octanol–water partition coefficient (Wildman–Crippen LogP) is 19.6. The Kier molecular flexibility index (Phi) is 36.3. The van der Waals surface area contributed by atoms with E-state index in [-0.39, 0.29) is 111 Å². The molecular weight excluding hydrogens is 2030 g/mol. The van der Waals surface area contributed by atoms with E-state index in [0.717, 1.165) is 124 Å². The number of hydrogen-bond donors (Lipinski definition) is 2. The Labute approximate surface area is 678 Å². The summed E-state index contributed by atoms with van der Waals surface area (Å²) in [4.78, 5) is 50.2. The summed E-state index contributed by atoms with van der Waals surface area (Å²) in [7, 11) is 0. The second-order valence-corrected chi connectivity index (χ2v) is 25.5. The van der Waals surface area contributed by atoms with Gasteiger partial charge in [0.05, 0.1) is 11.5 Å². The minimum absolute atomic E-state index is 0. The molecule has 5 aromatic carbocycles. The zero-order valence-electron chi connectivity index (χ0n) is 61.6. The van der Waals surface area contributed by atoms with Gasteiger partial charge in [0.2, 0.25) is 0 Å². The molecule has 12 aromatic rings. The summed E-state index contributed by atoms with van der Waals surface area (Å²) >= 11 is 1.73. The Morgan fingerprint density at radius 3 is 1.40 bits per heavy atom. The van der Waals surface area contributed by atoms with Crippen molar-refractivity contribution in [2.24, 2.45) is 0 Å². The zero-order chi connectivity index (χ0) is 72.0. The summed E-state index contributed by atoms with van der Waals surface area (Å²) < 4.78 is 1.26. The number of benzene rings is 5. The van der Waals surface area contributed by atoms with E-state index < -0.39 is 0 Å². The summed E-state index contributed by atoms with van der Waals surface area (Å²) in [5.74, 6) is -0.125. The van der Waals surface area contributed by atoms with Gasteiger partial charge in [0.25, 0.3) is 0 Å². The first kappa shape index (κ1) is 87.6. The summed E-state index contributed by atoms with van der Waals surface area (Å²) in [6.45, 7) is 23.8. The van der Waals surface area contributed by atoms with Crippen molar-refractivity contribution >= 4 is 72.8 Å². The van der Waals surface area contributed by atoms with Crippen LogP contribution in [0.1, 0.15) is 152 Å². The SMILES string of the molecule is CC(=O)C=C(C)O.CC(=O)C=C(C)O.CCC1=C(CC)C2Cc3[n-]c(c(CC)c3CC)C=c3[n-]c(c(CC)c3CC)=Cc3[n-]c(c(CC)c3CC)C=C1[N-]2.[Ir].[Ir].[Ir].[Pt+4].[c-]1c(-c2ccccn2)sc2ccccc12.[c-]1ccccc1-c1nccc2ccccc12.[c-]1ccccc1-c1nccc2ccccc12. The number of nitrogens with zero attached hydrogens (tertiary/aromatic N) is 7. The molecule has 2 N–H and O–H groups in total. The number of fused-ring (bicyclic) bond motifs is 11. The van der Waals surface area contributed by atoms with Crippen LogP contribution in [0.25, 0.3) is 88.3 Å². The number of aliphatic hydroxyl groups is 2. The second kappa shape index (κ2) is 43.5. The van der Waals surface area contributed by atoms with Crippen LogP contribution in [-0.4, -0.2) is 42.8 Å². The molecule has 2 aliphatic rings. The molecule has 551 valence electrons. The van der Waals surface area contributed by atoms with Crippen LogP contribution < -0.4 is 25.7 Å². The third-order valence-electron chi connectivity index (χ3n) is 17.5. The van der Waals surface area contributed by atoms with Crippen LogP contribution in [0.4, 0.5) is 0 Å². The molecule has 0 fully saturated rings. The van der Waals surface area contributed by atoms with Crippen LogP contribution in [0.5, 0.6) is 0 Å². The Bertz CT molecular complexity index is 4880. The average molecular weight is 2130 g/mol. The van der Waals surface area contributed by atoms with Crippen molar-refractivity contribution < 1.29 is 101 Å². The van der Waals surface area contributed by atoms with Gasteiger partial charge in [-0.2, -0.15) is 5.69 Å². The van der Waals surface area contributed by atoms with Gasteiger partial charge in [0, 0.05) is 96.8 Å². The fourth-order valence-corrected chi connectivity index (χ4v) is 14.2. The Hall–Kier alpha value is -8.05. The molecule has 0 spiro atoms. The molecule has 0 aliphatic carbocycles. The molecule has 9 heterocycles. The number of rotatable bonds is 13. The van der Waals surface area contributed by atoms with Crippen molar-refractivity contribution in [1.29, 1.82) is 0 Å². The first-order chi connectivity index (χ1) is 49.0. The molecule has 8 bridgehead atoms. The molecule has 2 aliphatic heterocycles. The van der Waals surface area contributed by atoms with E-state index in [0.29, 0.717) is 0 Å². The van der Waals surface area contributed by atoms with E-state index in [1.807, 2.05) is 128 Å². The molecule has 7 aromatic heterocycles. The fraction of sp³-hybridized carbons (Fsp3) is 0.247. The number of pyridine rings is 3. The van der Waals surface area contributed by atoms with Gasteiger partial charge >= 0.3 is 21.1 Å². The van der Waals surface area contributed by atoms with E-state index in [2.05, 4.69) is 149 Å². The first-order valence-electron chi connectivity index (χ1n) is 35.1. The van der Waals surface area contributed by atoms with Gasteiger partial charge in [-0.25, -0.2) is 11.3 Å². The zero-order valence-corrected chi connectivity index (χ0v) is 71.8.